The van der Waals surface area contributed by atoms with Crippen molar-refractivity contribution in [2.75, 3.05) is 11.4 Å². The third-order valence-corrected chi connectivity index (χ3v) is 7.51. The minimum atomic E-state index is -0.138. The van der Waals surface area contributed by atoms with Gasteiger partial charge in [-0.1, -0.05) is 49.4 Å². The molecule has 2 aromatic carbocycles. The van der Waals surface area contributed by atoms with Crippen LogP contribution >= 0.6 is 11.8 Å². The fourth-order valence-corrected chi connectivity index (χ4v) is 5.50. The van der Waals surface area contributed by atoms with Gasteiger partial charge >= 0.3 is 0 Å². The van der Waals surface area contributed by atoms with Gasteiger partial charge < -0.3 is 15.1 Å². The summed E-state index contributed by atoms with van der Waals surface area (Å²) in [4.78, 5) is 12.4. The summed E-state index contributed by atoms with van der Waals surface area (Å²) >= 11 is 1.32. The molecule has 0 aliphatic rings. The summed E-state index contributed by atoms with van der Waals surface area (Å²) in [6, 6.07) is 18.5. The molecule has 4 rings (SSSR count). The van der Waals surface area contributed by atoms with E-state index < -0.39 is 0 Å². The number of aromatic hydroxyl groups is 2. The lowest BCUT2D eigenvalue weighted by Gasteiger charge is -2.28. The predicted molar refractivity (Wildman–Crippen MR) is 153 cm³/mol. The van der Waals surface area contributed by atoms with Crippen molar-refractivity contribution in [3.63, 3.8) is 0 Å². The Kier molecular flexibility index (Phi) is 8.39. The summed E-state index contributed by atoms with van der Waals surface area (Å²) < 4.78 is 0. The first kappa shape index (κ1) is 26.6. The van der Waals surface area contributed by atoms with Crippen LogP contribution in [0.15, 0.2) is 70.6 Å². The molecule has 0 spiro atoms. The van der Waals surface area contributed by atoms with E-state index in [-0.39, 0.29) is 11.6 Å². The maximum atomic E-state index is 11.6. The molecule has 0 aliphatic carbocycles. The van der Waals surface area contributed by atoms with E-state index in [0.29, 0.717) is 29.2 Å². The highest BCUT2D eigenvalue weighted by Crippen LogP contribution is 2.48. The van der Waals surface area contributed by atoms with Crippen LogP contribution in [0, 0.1) is 20.8 Å². The minimum absolute atomic E-state index is 0.0665. The number of pyridine rings is 2. The average Bonchev–Trinajstić information content (AvgIpc) is 2.87. The van der Waals surface area contributed by atoms with E-state index in [1.54, 1.807) is 6.20 Å². The second-order valence-electron chi connectivity index (χ2n) is 9.36. The molecule has 0 saturated carbocycles. The maximum Gasteiger partial charge on any atom is 0.229 e. The fourth-order valence-electron chi connectivity index (χ4n) is 4.66. The van der Waals surface area contributed by atoms with E-state index >= 15 is 0 Å². The number of rotatable bonds is 9. The Morgan fingerprint density at radius 2 is 1.62 bits per heavy atom. The average molecular weight is 514 g/mol. The molecule has 2 heterocycles. The molecule has 0 radical (unpaired) electrons. The topological polar surface area (TPSA) is 69.5 Å². The first-order chi connectivity index (χ1) is 17.8. The molecule has 0 atom stereocenters. The van der Waals surface area contributed by atoms with Gasteiger partial charge in [0.15, 0.2) is 5.75 Å². The maximum absolute atomic E-state index is 11.6. The summed E-state index contributed by atoms with van der Waals surface area (Å²) in [5.74, 6) is -0.0715. The van der Waals surface area contributed by atoms with Crippen molar-refractivity contribution in [1.29, 1.82) is 0 Å². The van der Waals surface area contributed by atoms with Gasteiger partial charge in [0.05, 0.1) is 5.69 Å². The summed E-state index contributed by atoms with van der Waals surface area (Å²) in [6.07, 6.45) is 4.39. The van der Waals surface area contributed by atoms with Crippen molar-refractivity contribution >= 4 is 23.1 Å². The van der Waals surface area contributed by atoms with Crippen LogP contribution in [0.1, 0.15) is 49.2 Å². The molecular formula is C31H35N3O2S. The number of benzene rings is 2. The SMILES string of the molecule is CCCCc1nc(O)c(Sc2ccc(-c3cccnc3C)cc2)c(O)c1N(CC)c1cc(C)cc(C)c1. The van der Waals surface area contributed by atoms with Crippen LogP contribution < -0.4 is 4.90 Å². The van der Waals surface area contributed by atoms with Crippen LogP contribution in [-0.2, 0) is 6.42 Å². The van der Waals surface area contributed by atoms with E-state index in [1.165, 1.54) is 11.8 Å². The van der Waals surface area contributed by atoms with Crippen molar-refractivity contribution < 1.29 is 10.2 Å². The molecule has 0 unspecified atom stereocenters. The Balaban J connectivity index is 1.75. The fraction of sp³-hybridized carbons (Fsp3) is 0.290. The highest BCUT2D eigenvalue weighted by Gasteiger charge is 2.25. The molecule has 0 amide bonds. The summed E-state index contributed by atoms with van der Waals surface area (Å²) in [6.45, 7) is 11.0. The van der Waals surface area contributed by atoms with Gasteiger partial charge in [0.25, 0.3) is 0 Å². The van der Waals surface area contributed by atoms with Crippen LogP contribution in [0.2, 0.25) is 0 Å². The Morgan fingerprint density at radius 1 is 0.919 bits per heavy atom. The third-order valence-electron chi connectivity index (χ3n) is 6.42. The third kappa shape index (κ3) is 5.91. The first-order valence-corrected chi connectivity index (χ1v) is 13.6. The lowest BCUT2D eigenvalue weighted by molar-refractivity contribution is 0.409. The predicted octanol–water partition coefficient (Wildman–Crippen LogP) is 8.13. The number of nitrogens with zero attached hydrogens (tertiary/aromatic N) is 3. The van der Waals surface area contributed by atoms with Gasteiger partial charge in [0.1, 0.15) is 10.6 Å². The molecule has 6 heteroatoms. The van der Waals surface area contributed by atoms with Crippen LogP contribution in [0.4, 0.5) is 11.4 Å². The van der Waals surface area contributed by atoms with E-state index in [1.807, 2.05) is 37.3 Å². The second-order valence-corrected chi connectivity index (χ2v) is 10.4. The number of hydrogen-bond acceptors (Lipinski definition) is 6. The largest absolute Gasteiger partial charge is 0.504 e. The van der Waals surface area contributed by atoms with Crippen molar-refractivity contribution in [2.24, 2.45) is 0 Å². The van der Waals surface area contributed by atoms with E-state index in [0.717, 1.165) is 51.4 Å². The van der Waals surface area contributed by atoms with Crippen molar-refractivity contribution in [2.45, 2.75) is 63.7 Å². The molecule has 5 nitrogen and oxygen atoms in total. The molecule has 0 bridgehead atoms. The van der Waals surface area contributed by atoms with Crippen LogP contribution in [-0.4, -0.2) is 26.7 Å². The second kappa shape index (κ2) is 11.7. The van der Waals surface area contributed by atoms with Crippen molar-refractivity contribution in [3.8, 4) is 22.8 Å². The highest BCUT2D eigenvalue weighted by atomic mass is 32.2. The van der Waals surface area contributed by atoms with Gasteiger partial charge in [0, 0.05) is 34.6 Å². The number of aromatic nitrogens is 2. The van der Waals surface area contributed by atoms with Gasteiger partial charge in [0.2, 0.25) is 5.88 Å². The number of anilines is 2. The summed E-state index contributed by atoms with van der Waals surface area (Å²) in [5, 5.41) is 22.5. The molecule has 2 N–H and O–H groups in total. The van der Waals surface area contributed by atoms with Crippen LogP contribution in [0.25, 0.3) is 11.1 Å². The lowest BCUT2D eigenvalue weighted by Crippen LogP contribution is -2.19. The van der Waals surface area contributed by atoms with E-state index in [9.17, 15) is 10.2 Å². The van der Waals surface area contributed by atoms with Crippen molar-refractivity contribution in [1.82, 2.24) is 9.97 Å². The normalized spacial score (nSPS) is 11.1. The summed E-state index contributed by atoms with van der Waals surface area (Å²) in [5.41, 5.74) is 7.84. The Morgan fingerprint density at radius 3 is 2.24 bits per heavy atom. The Labute approximate surface area is 224 Å². The van der Waals surface area contributed by atoms with Gasteiger partial charge in [-0.2, -0.15) is 0 Å². The first-order valence-electron chi connectivity index (χ1n) is 12.8. The highest BCUT2D eigenvalue weighted by molar-refractivity contribution is 7.99. The molecule has 2 aromatic heterocycles. The zero-order chi connectivity index (χ0) is 26.5. The van der Waals surface area contributed by atoms with Gasteiger partial charge in [-0.3, -0.25) is 4.98 Å². The number of aryl methyl sites for hydroxylation is 4. The number of hydrogen-bond donors (Lipinski definition) is 2. The molecule has 0 aliphatic heterocycles. The Bertz CT molecular complexity index is 1370. The molecule has 192 valence electrons. The quantitative estimate of drug-likeness (QED) is 0.235. The molecule has 37 heavy (non-hydrogen) atoms. The van der Waals surface area contributed by atoms with Crippen LogP contribution in [0.3, 0.4) is 0 Å². The minimum Gasteiger partial charge on any atom is -0.504 e. The van der Waals surface area contributed by atoms with Crippen LogP contribution in [0.5, 0.6) is 11.6 Å². The Hall–Kier alpha value is -3.51. The molecular weight excluding hydrogens is 478 g/mol. The van der Waals surface area contributed by atoms with E-state index in [2.05, 4.69) is 66.8 Å². The smallest absolute Gasteiger partial charge is 0.229 e. The monoisotopic (exact) mass is 513 g/mol. The molecule has 4 aromatic rings. The van der Waals surface area contributed by atoms with Gasteiger partial charge in [-0.15, -0.1) is 0 Å². The standard InChI is InChI=1S/C31H35N3O2S/c1-6-8-11-27-28(34(7-2)24-18-20(3)17-21(4)19-24)29(35)30(31(36)33-27)37-25-14-12-23(13-15-25)26-10-9-16-32-22(26)5/h9-10,12-19H,6-8,11H2,1-5H3,(H2,33,35,36). The zero-order valence-corrected chi connectivity index (χ0v) is 23.1. The zero-order valence-electron chi connectivity index (χ0n) is 22.2. The summed E-state index contributed by atoms with van der Waals surface area (Å²) in [7, 11) is 0. The number of unbranched alkanes of at least 4 members (excludes halogenated alkanes) is 1. The molecule has 0 fully saturated rings. The molecule has 0 saturated heterocycles. The van der Waals surface area contributed by atoms with Gasteiger partial charge in [-0.25, -0.2) is 4.98 Å². The van der Waals surface area contributed by atoms with Gasteiger partial charge in [-0.05, 0) is 87.6 Å². The van der Waals surface area contributed by atoms with E-state index in [4.69, 9.17) is 0 Å². The van der Waals surface area contributed by atoms with Crippen molar-refractivity contribution in [3.05, 3.63) is 83.3 Å². The lowest BCUT2D eigenvalue weighted by atomic mass is 10.1.